The number of phenolic OH excluding ortho intramolecular Hbond substituents is 2. The van der Waals surface area contributed by atoms with Gasteiger partial charge in [-0.05, 0) is 22.9 Å². The summed E-state index contributed by atoms with van der Waals surface area (Å²) < 4.78 is 30.8. The van der Waals surface area contributed by atoms with Gasteiger partial charge in [0.2, 0.25) is 0 Å². The zero-order valence-corrected chi connectivity index (χ0v) is 20.1. The van der Waals surface area contributed by atoms with Crippen molar-refractivity contribution in [2.75, 3.05) is 4.72 Å². The average molecular weight is 504 g/mol. The SMILES string of the molecule is Cn1cc(S(=O)(=O)Nc2cc(-c3c(O)ccc4ccccc34)c(O)c3ccccc23)c(=O)n(C)c1=O. The molecule has 0 saturated carbocycles. The van der Waals surface area contributed by atoms with Gasteiger partial charge in [-0.15, -0.1) is 0 Å². The van der Waals surface area contributed by atoms with Crippen LogP contribution in [-0.2, 0) is 24.1 Å². The number of anilines is 1. The molecule has 0 bridgehead atoms. The minimum absolute atomic E-state index is 0.0849. The van der Waals surface area contributed by atoms with Crippen molar-refractivity contribution in [2.45, 2.75) is 4.90 Å². The van der Waals surface area contributed by atoms with Gasteiger partial charge in [-0.1, -0.05) is 54.6 Å². The van der Waals surface area contributed by atoms with E-state index in [0.717, 1.165) is 16.2 Å². The lowest BCUT2D eigenvalue weighted by molar-refractivity contribution is 0.472. The van der Waals surface area contributed by atoms with Crippen LogP contribution in [0, 0.1) is 0 Å². The average Bonchev–Trinajstić information content (AvgIpc) is 2.86. The van der Waals surface area contributed by atoms with Gasteiger partial charge in [0, 0.05) is 42.2 Å². The summed E-state index contributed by atoms with van der Waals surface area (Å²) in [5, 5.41) is 24.1. The predicted octanol–water partition coefficient (Wildman–Crippen LogP) is 3.27. The molecule has 182 valence electrons. The fourth-order valence-electron chi connectivity index (χ4n) is 4.34. The van der Waals surface area contributed by atoms with Crippen molar-refractivity contribution >= 4 is 37.3 Å². The van der Waals surface area contributed by atoms with Gasteiger partial charge in [-0.25, -0.2) is 13.2 Å². The van der Waals surface area contributed by atoms with E-state index in [9.17, 15) is 28.2 Å². The molecule has 0 aliphatic heterocycles. The Morgan fingerprint density at radius 3 is 2.19 bits per heavy atom. The first-order chi connectivity index (χ1) is 17.1. The lowest BCUT2D eigenvalue weighted by Gasteiger charge is -2.17. The van der Waals surface area contributed by atoms with Gasteiger partial charge in [-0.2, -0.15) is 0 Å². The Morgan fingerprint density at radius 1 is 0.833 bits per heavy atom. The molecule has 36 heavy (non-hydrogen) atoms. The van der Waals surface area contributed by atoms with Crippen LogP contribution in [0.5, 0.6) is 11.5 Å². The zero-order valence-electron chi connectivity index (χ0n) is 19.3. The van der Waals surface area contributed by atoms with E-state index < -0.39 is 26.2 Å². The van der Waals surface area contributed by atoms with Crippen molar-refractivity contribution in [1.82, 2.24) is 9.13 Å². The van der Waals surface area contributed by atoms with Crippen molar-refractivity contribution in [3.05, 3.63) is 93.8 Å². The highest BCUT2D eigenvalue weighted by Gasteiger charge is 2.24. The third kappa shape index (κ3) is 3.59. The van der Waals surface area contributed by atoms with Crippen molar-refractivity contribution in [2.24, 2.45) is 14.1 Å². The summed E-state index contributed by atoms with van der Waals surface area (Å²) in [7, 11) is -1.91. The number of hydrogen-bond donors (Lipinski definition) is 3. The van der Waals surface area contributed by atoms with Gasteiger partial charge >= 0.3 is 5.69 Å². The summed E-state index contributed by atoms with van der Waals surface area (Å²) in [5.74, 6) is -0.238. The van der Waals surface area contributed by atoms with Gasteiger partial charge < -0.3 is 14.8 Å². The first kappa shape index (κ1) is 23.2. The summed E-state index contributed by atoms with van der Waals surface area (Å²) in [5.41, 5.74) is -1.02. The molecule has 10 heteroatoms. The lowest BCUT2D eigenvalue weighted by atomic mass is 9.93. The van der Waals surface area contributed by atoms with Crippen molar-refractivity contribution < 1.29 is 18.6 Å². The Morgan fingerprint density at radius 2 is 1.47 bits per heavy atom. The van der Waals surface area contributed by atoms with Crippen LogP contribution in [0.4, 0.5) is 5.69 Å². The molecule has 3 N–H and O–H groups in total. The van der Waals surface area contributed by atoms with Crippen LogP contribution >= 0.6 is 0 Å². The Labute approximate surface area is 205 Å². The smallest absolute Gasteiger partial charge is 0.330 e. The summed E-state index contributed by atoms with van der Waals surface area (Å²) in [4.78, 5) is 24.1. The van der Waals surface area contributed by atoms with Crippen LogP contribution in [0.2, 0.25) is 0 Å². The molecular formula is C26H21N3O6S. The molecule has 0 aliphatic rings. The third-order valence-electron chi connectivity index (χ3n) is 6.14. The standard InChI is InChI=1S/C26H21N3O6S/c1-28-14-22(25(32)29(2)26(28)33)36(34,35)27-20-13-19(24(31)18-10-6-5-9-17(18)20)23-16-8-4-3-7-15(16)11-12-21(23)30/h3-14,27,30-31H,1-2H3. The second-order valence-corrected chi connectivity index (χ2v) is 10.1. The topological polar surface area (TPSA) is 131 Å². The number of hydrogen-bond acceptors (Lipinski definition) is 6. The Hall–Kier alpha value is -4.57. The van der Waals surface area contributed by atoms with Crippen LogP contribution in [0.1, 0.15) is 0 Å². The van der Waals surface area contributed by atoms with E-state index in [-0.39, 0.29) is 22.7 Å². The first-order valence-corrected chi connectivity index (χ1v) is 12.3. The molecule has 0 spiro atoms. The van der Waals surface area contributed by atoms with Crippen LogP contribution in [0.15, 0.2) is 87.4 Å². The Kier molecular flexibility index (Phi) is 5.33. The summed E-state index contributed by atoms with van der Waals surface area (Å²) in [6, 6.07) is 18.6. The molecule has 1 aromatic heterocycles. The minimum atomic E-state index is -4.45. The monoisotopic (exact) mass is 503 g/mol. The molecule has 4 aromatic carbocycles. The van der Waals surface area contributed by atoms with Crippen molar-refractivity contribution in [3.63, 3.8) is 0 Å². The van der Waals surface area contributed by atoms with Crippen LogP contribution in [0.25, 0.3) is 32.7 Å². The van der Waals surface area contributed by atoms with Gasteiger partial charge in [0.15, 0.2) is 4.90 Å². The second-order valence-electron chi connectivity index (χ2n) is 8.40. The molecule has 0 aliphatic carbocycles. The highest BCUT2D eigenvalue weighted by molar-refractivity contribution is 7.92. The number of rotatable bonds is 4. The molecule has 0 radical (unpaired) electrons. The molecule has 5 aromatic rings. The van der Waals surface area contributed by atoms with E-state index >= 15 is 0 Å². The van der Waals surface area contributed by atoms with E-state index in [4.69, 9.17) is 0 Å². The number of benzene rings is 4. The molecule has 0 fully saturated rings. The van der Waals surface area contributed by atoms with Crippen LogP contribution in [-0.4, -0.2) is 27.8 Å². The third-order valence-corrected chi connectivity index (χ3v) is 7.49. The maximum atomic E-state index is 13.3. The van der Waals surface area contributed by atoms with E-state index in [1.165, 1.54) is 26.2 Å². The molecule has 5 rings (SSSR count). The van der Waals surface area contributed by atoms with Gasteiger partial charge in [0.1, 0.15) is 11.5 Å². The fraction of sp³-hybridized carbons (Fsp3) is 0.0769. The summed E-state index contributed by atoms with van der Waals surface area (Å²) in [6.07, 6.45) is 0.965. The molecule has 0 unspecified atom stereocenters. The maximum Gasteiger partial charge on any atom is 0.330 e. The number of sulfonamides is 1. The Balaban J connectivity index is 1.79. The number of nitrogens with zero attached hydrogens (tertiary/aromatic N) is 2. The highest BCUT2D eigenvalue weighted by atomic mass is 32.2. The summed E-state index contributed by atoms with van der Waals surface area (Å²) in [6.45, 7) is 0. The van der Waals surface area contributed by atoms with Gasteiger partial charge in [0.25, 0.3) is 15.6 Å². The number of aromatic hydroxyl groups is 2. The van der Waals surface area contributed by atoms with Crippen molar-refractivity contribution in [1.29, 1.82) is 0 Å². The fourth-order valence-corrected chi connectivity index (χ4v) is 5.57. The molecule has 1 heterocycles. The van der Waals surface area contributed by atoms with Crippen LogP contribution in [0.3, 0.4) is 0 Å². The number of phenols is 2. The number of aromatic nitrogens is 2. The normalized spacial score (nSPS) is 11.7. The molecule has 0 amide bonds. The largest absolute Gasteiger partial charge is 0.507 e. The maximum absolute atomic E-state index is 13.3. The highest BCUT2D eigenvalue weighted by Crippen LogP contribution is 2.46. The van der Waals surface area contributed by atoms with E-state index in [1.54, 1.807) is 42.5 Å². The van der Waals surface area contributed by atoms with Gasteiger partial charge in [-0.3, -0.25) is 14.1 Å². The predicted molar refractivity (Wildman–Crippen MR) is 138 cm³/mol. The lowest BCUT2D eigenvalue weighted by Crippen LogP contribution is -2.40. The number of fused-ring (bicyclic) bond motifs is 2. The molecule has 0 atom stereocenters. The van der Waals surface area contributed by atoms with Gasteiger partial charge in [0.05, 0.1) is 5.69 Å². The quantitative estimate of drug-likeness (QED) is 0.323. The van der Waals surface area contributed by atoms with E-state index in [1.807, 2.05) is 12.1 Å². The number of nitrogens with one attached hydrogen (secondary N) is 1. The minimum Gasteiger partial charge on any atom is -0.507 e. The second kappa shape index (κ2) is 8.28. The van der Waals surface area contributed by atoms with Crippen molar-refractivity contribution in [3.8, 4) is 22.6 Å². The number of aryl methyl sites for hydroxylation is 1. The Bertz CT molecular complexity index is 1920. The molecule has 0 saturated heterocycles. The summed E-state index contributed by atoms with van der Waals surface area (Å²) >= 11 is 0. The molecular weight excluding hydrogens is 482 g/mol. The zero-order chi connectivity index (χ0) is 25.8. The molecule has 9 nitrogen and oxygen atoms in total. The van der Waals surface area contributed by atoms with Crippen LogP contribution < -0.4 is 16.0 Å². The van der Waals surface area contributed by atoms with E-state index in [2.05, 4.69) is 4.72 Å². The van der Waals surface area contributed by atoms with E-state index in [0.29, 0.717) is 26.3 Å². The first-order valence-electron chi connectivity index (χ1n) is 10.9.